The van der Waals surface area contributed by atoms with Crippen LogP contribution in [0.2, 0.25) is 0 Å². The maximum absolute atomic E-state index is 5.86. The summed E-state index contributed by atoms with van der Waals surface area (Å²) in [5, 5.41) is 7.97. The third-order valence-corrected chi connectivity index (χ3v) is 5.07. The molecular formula is C22H22N6O2. The first-order chi connectivity index (χ1) is 14.8. The van der Waals surface area contributed by atoms with E-state index in [-0.39, 0.29) is 0 Å². The Bertz CT molecular complexity index is 1190. The van der Waals surface area contributed by atoms with E-state index in [1.807, 2.05) is 18.2 Å². The Kier molecular flexibility index (Phi) is 4.80. The molecule has 4 heterocycles. The Morgan fingerprint density at radius 1 is 1.17 bits per heavy atom. The summed E-state index contributed by atoms with van der Waals surface area (Å²) >= 11 is 0. The molecule has 8 nitrogen and oxygen atoms in total. The zero-order chi connectivity index (χ0) is 20.3. The second-order valence-corrected chi connectivity index (χ2v) is 6.95. The lowest BCUT2D eigenvalue weighted by Gasteiger charge is -2.22. The first-order valence-corrected chi connectivity index (χ1v) is 9.90. The SMILES string of the molecule is COc1ncccc1-c1nc2c(c(NCCc3c[nH]c4ccccc34)n1)OCCN2. The van der Waals surface area contributed by atoms with Gasteiger partial charge in [-0.25, -0.2) is 15.0 Å². The Labute approximate surface area is 173 Å². The van der Waals surface area contributed by atoms with Crippen molar-refractivity contribution in [2.45, 2.75) is 6.42 Å². The molecule has 8 heteroatoms. The topological polar surface area (TPSA) is 97.0 Å². The lowest BCUT2D eigenvalue weighted by atomic mass is 10.1. The molecule has 0 aliphatic carbocycles. The highest BCUT2D eigenvalue weighted by Crippen LogP contribution is 2.36. The third kappa shape index (κ3) is 3.36. The Morgan fingerprint density at radius 3 is 3.03 bits per heavy atom. The molecule has 5 rings (SSSR count). The molecule has 0 bridgehead atoms. The van der Waals surface area contributed by atoms with Crippen molar-refractivity contribution in [1.82, 2.24) is 19.9 Å². The largest absolute Gasteiger partial charge is 0.485 e. The molecular weight excluding hydrogens is 380 g/mol. The Balaban J connectivity index is 1.43. The summed E-state index contributed by atoms with van der Waals surface area (Å²) < 4.78 is 11.2. The van der Waals surface area contributed by atoms with E-state index in [1.54, 1.807) is 13.3 Å². The normalized spacial score (nSPS) is 12.7. The number of nitrogens with one attached hydrogen (secondary N) is 3. The summed E-state index contributed by atoms with van der Waals surface area (Å²) in [5.74, 6) is 3.00. The van der Waals surface area contributed by atoms with Gasteiger partial charge < -0.3 is 25.1 Å². The van der Waals surface area contributed by atoms with Crippen molar-refractivity contribution in [3.63, 3.8) is 0 Å². The number of benzene rings is 1. The predicted octanol–water partition coefficient (Wildman–Crippen LogP) is 3.49. The van der Waals surface area contributed by atoms with Crippen LogP contribution < -0.4 is 20.1 Å². The molecule has 0 atom stereocenters. The zero-order valence-corrected chi connectivity index (χ0v) is 16.6. The molecule has 1 aliphatic heterocycles. The summed E-state index contributed by atoms with van der Waals surface area (Å²) in [6.07, 6.45) is 4.59. The van der Waals surface area contributed by atoms with Crippen LogP contribution in [0.3, 0.4) is 0 Å². The number of nitrogens with zero attached hydrogens (tertiary/aromatic N) is 3. The van der Waals surface area contributed by atoms with Gasteiger partial charge in [0.2, 0.25) is 11.6 Å². The van der Waals surface area contributed by atoms with Crippen LogP contribution in [0.25, 0.3) is 22.3 Å². The third-order valence-electron chi connectivity index (χ3n) is 5.07. The van der Waals surface area contributed by atoms with Gasteiger partial charge in [-0.05, 0) is 30.2 Å². The Morgan fingerprint density at radius 2 is 2.10 bits per heavy atom. The zero-order valence-electron chi connectivity index (χ0n) is 16.6. The highest BCUT2D eigenvalue weighted by molar-refractivity contribution is 5.83. The van der Waals surface area contributed by atoms with Gasteiger partial charge in [0.25, 0.3) is 0 Å². The van der Waals surface area contributed by atoms with Crippen LogP contribution in [-0.4, -0.2) is 46.7 Å². The molecule has 0 spiro atoms. The predicted molar refractivity (Wildman–Crippen MR) is 116 cm³/mol. The Hall–Kier alpha value is -3.81. The molecule has 1 aliphatic rings. The van der Waals surface area contributed by atoms with Gasteiger partial charge in [0.05, 0.1) is 19.2 Å². The van der Waals surface area contributed by atoms with Crippen LogP contribution in [0.5, 0.6) is 11.6 Å². The van der Waals surface area contributed by atoms with Crippen molar-refractivity contribution < 1.29 is 9.47 Å². The summed E-state index contributed by atoms with van der Waals surface area (Å²) in [6.45, 7) is 1.98. The van der Waals surface area contributed by atoms with Crippen LogP contribution in [0.1, 0.15) is 5.56 Å². The van der Waals surface area contributed by atoms with Crippen LogP contribution in [-0.2, 0) is 6.42 Å². The van der Waals surface area contributed by atoms with Crippen LogP contribution in [0.15, 0.2) is 48.8 Å². The number of pyridine rings is 1. The molecule has 0 fully saturated rings. The van der Waals surface area contributed by atoms with Crippen molar-refractivity contribution in [3.05, 3.63) is 54.4 Å². The molecule has 0 saturated carbocycles. The maximum Gasteiger partial charge on any atom is 0.224 e. The summed E-state index contributed by atoms with van der Waals surface area (Å²) in [6, 6.07) is 12.0. The van der Waals surface area contributed by atoms with E-state index >= 15 is 0 Å². The van der Waals surface area contributed by atoms with Crippen molar-refractivity contribution >= 4 is 22.5 Å². The molecule has 4 aromatic rings. The number of hydrogen-bond donors (Lipinski definition) is 3. The minimum absolute atomic E-state index is 0.485. The van der Waals surface area contributed by atoms with Crippen molar-refractivity contribution in [2.24, 2.45) is 0 Å². The number of anilines is 2. The second kappa shape index (κ2) is 7.90. The van der Waals surface area contributed by atoms with E-state index in [1.165, 1.54) is 10.9 Å². The standard InChI is InChI=1S/C22H22N6O2/c1-29-22-16(6-4-9-25-22)19-27-20(18-21(28-19)24-11-12-30-18)23-10-8-14-13-26-17-7-3-2-5-15(14)17/h2-7,9,13,26H,8,10-12H2,1H3,(H2,23,24,27,28). The number of para-hydroxylation sites is 1. The molecule has 1 aromatic carbocycles. The van der Waals surface area contributed by atoms with E-state index < -0.39 is 0 Å². The van der Waals surface area contributed by atoms with Gasteiger partial charge in [0.1, 0.15) is 6.61 Å². The number of H-pyrrole nitrogens is 1. The molecule has 30 heavy (non-hydrogen) atoms. The summed E-state index contributed by atoms with van der Waals surface area (Å²) in [4.78, 5) is 17.0. The fourth-order valence-corrected chi connectivity index (χ4v) is 3.65. The monoisotopic (exact) mass is 402 g/mol. The van der Waals surface area contributed by atoms with Crippen molar-refractivity contribution in [3.8, 4) is 23.0 Å². The van der Waals surface area contributed by atoms with Crippen molar-refractivity contribution in [1.29, 1.82) is 0 Å². The number of aromatic amines is 1. The van der Waals surface area contributed by atoms with Crippen LogP contribution >= 0.6 is 0 Å². The molecule has 152 valence electrons. The fraction of sp³-hybridized carbons (Fsp3) is 0.227. The smallest absolute Gasteiger partial charge is 0.224 e. The molecule has 0 radical (unpaired) electrons. The van der Waals surface area contributed by atoms with Gasteiger partial charge in [-0.1, -0.05) is 18.2 Å². The first kappa shape index (κ1) is 18.2. The van der Waals surface area contributed by atoms with E-state index in [0.717, 1.165) is 17.5 Å². The van der Waals surface area contributed by atoms with Crippen molar-refractivity contribution in [2.75, 3.05) is 37.4 Å². The minimum atomic E-state index is 0.485. The molecule has 0 amide bonds. The van der Waals surface area contributed by atoms with Crippen LogP contribution in [0, 0.1) is 0 Å². The number of ether oxygens (including phenoxy) is 2. The maximum atomic E-state index is 5.86. The van der Waals surface area contributed by atoms with Crippen LogP contribution in [0.4, 0.5) is 11.6 Å². The summed E-state index contributed by atoms with van der Waals surface area (Å²) in [7, 11) is 1.59. The number of hydrogen-bond acceptors (Lipinski definition) is 7. The average molecular weight is 402 g/mol. The molecule has 3 N–H and O–H groups in total. The number of methoxy groups -OCH3 is 1. The molecule has 0 unspecified atom stereocenters. The number of rotatable bonds is 6. The van der Waals surface area contributed by atoms with E-state index in [9.17, 15) is 0 Å². The number of fused-ring (bicyclic) bond motifs is 2. The highest BCUT2D eigenvalue weighted by atomic mass is 16.5. The van der Waals surface area contributed by atoms with Gasteiger partial charge >= 0.3 is 0 Å². The quantitative estimate of drug-likeness (QED) is 0.454. The van der Waals surface area contributed by atoms with E-state index in [4.69, 9.17) is 14.5 Å². The van der Waals surface area contributed by atoms with Gasteiger partial charge in [-0.3, -0.25) is 0 Å². The second-order valence-electron chi connectivity index (χ2n) is 6.95. The highest BCUT2D eigenvalue weighted by Gasteiger charge is 2.21. The van der Waals surface area contributed by atoms with E-state index in [2.05, 4.69) is 50.0 Å². The lowest BCUT2D eigenvalue weighted by molar-refractivity contribution is 0.321. The first-order valence-electron chi connectivity index (χ1n) is 9.90. The summed E-state index contributed by atoms with van der Waals surface area (Å²) in [5.41, 5.74) is 3.13. The molecule has 3 aromatic heterocycles. The van der Waals surface area contributed by atoms with Gasteiger partial charge in [-0.15, -0.1) is 0 Å². The fourth-order valence-electron chi connectivity index (χ4n) is 3.65. The average Bonchev–Trinajstić information content (AvgIpc) is 3.22. The molecule has 0 saturated heterocycles. The van der Waals surface area contributed by atoms with Gasteiger partial charge in [0, 0.05) is 29.8 Å². The lowest BCUT2D eigenvalue weighted by Crippen LogP contribution is -2.22. The van der Waals surface area contributed by atoms with Gasteiger partial charge in [-0.2, -0.15) is 0 Å². The minimum Gasteiger partial charge on any atom is -0.485 e. The van der Waals surface area contributed by atoms with E-state index in [0.29, 0.717) is 48.8 Å². The van der Waals surface area contributed by atoms with Gasteiger partial charge in [0.15, 0.2) is 17.5 Å². The number of aromatic nitrogens is 4.